The molecule has 1 saturated heterocycles. The number of piperazine rings is 1. The molecule has 1 N–H and O–H groups in total. The molecule has 2 aromatic heterocycles. The van der Waals surface area contributed by atoms with E-state index in [1.54, 1.807) is 12.1 Å². The number of rotatable bonds is 7. The maximum absolute atomic E-state index is 13.1. The van der Waals surface area contributed by atoms with Gasteiger partial charge in [-0.15, -0.1) is 11.3 Å². The molecule has 10 heteroatoms. The van der Waals surface area contributed by atoms with Crippen molar-refractivity contribution in [3.8, 4) is 0 Å². The number of anilines is 1. The van der Waals surface area contributed by atoms with Gasteiger partial charge in [0.25, 0.3) is 5.56 Å². The molecular formula is C24H28FN5O3S. The molecule has 1 fully saturated rings. The summed E-state index contributed by atoms with van der Waals surface area (Å²) in [4.78, 5) is 47.5. The number of amides is 2. The predicted octanol–water partition coefficient (Wildman–Crippen LogP) is 2.46. The summed E-state index contributed by atoms with van der Waals surface area (Å²) < 4.78 is 14.4. The van der Waals surface area contributed by atoms with Gasteiger partial charge in [0.2, 0.25) is 11.8 Å². The molecule has 2 amide bonds. The fourth-order valence-electron chi connectivity index (χ4n) is 4.08. The van der Waals surface area contributed by atoms with E-state index in [2.05, 4.69) is 15.2 Å². The van der Waals surface area contributed by atoms with Gasteiger partial charge in [-0.25, -0.2) is 9.37 Å². The molecule has 4 rings (SSSR count). The van der Waals surface area contributed by atoms with E-state index in [0.29, 0.717) is 55.8 Å². The number of carbonyl (C=O) groups excluding carboxylic acids is 2. The molecule has 3 heterocycles. The van der Waals surface area contributed by atoms with Crippen LogP contribution in [-0.4, -0.2) is 59.0 Å². The first-order valence-electron chi connectivity index (χ1n) is 11.3. The van der Waals surface area contributed by atoms with Crippen molar-refractivity contribution in [2.24, 2.45) is 0 Å². The first kappa shape index (κ1) is 23.9. The summed E-state index contributed by atoms with van der Waals surface area (Å²) in [5, 5.41) is 3.36. The monoisotopic (exact) mass is 485 g/mol. The van der Waals surface area contributed by atoms with Crippen LogP contribution in [0.4, 0.5) is 10.1 Å². The smallest absolute Gasteiger partial charge is 0.262 e. The Labute approximate surface area is 201 Å². The average molecular weight is 486 g/mol. The number of nitrogens with zero attached hydrogens (tertiary/aromatic N) is 4. The predicted molar refractivity (Wildman–Crippen MR) is 131 cm³/mol. The number of aromatic nitrogens is 2. The highest BCUT2D eigenvalue weighted by molar-refractivity contribution is 7.18. The van der Waals surface area contributed by atoms with Gasteiger partial charge in [0.1, 0.15) is 17.2 Å². The molecule has 0 aliphatic carbocycles. The van der Waals surface area contributed by atoms with Crippen LogP contribution in [-0.2, 0) is 16.1 Å². The molecule has 180 valence electrons. The molecule has 34 heavy (non-hydrogen) atoms. The van der Waals surface area contributed by atoms with Crippen LogP contribution in [0.25, 0.3) is 10.2 Å². The lowest BCUT2D eigenvalue weighted by Gasteiger charge is -2.36. The van der Waals surface area contributed by atoms with Crippen molar-refractivity contribution in [2.45, 2.75) is 33.2 Å². The van der Waals surface area contributed by atoms with Crippen LogP contribution in [0.15, 0.2) is 35.4 Å². The van der Waals surface area contributed by atoms with E-state index in [1.165, 1.54) is 34.4 Å². The Morgan fingerprint density at radius 2 is 1.82 bits per heavy atom. The highest BCUT2D eigenvalue weighted by Gasteiger charge is 2.21. The van der Waals surface area contributed by atoms with Gasteiger partial charge in [0.15, 0.2) is 0 Å². The zero-order valence-corrected chi connectivity index (χ0v) is 20.2. The zero-order valence-electron chi connectivity index (χ0n) is 19.3. The van der Waals surface area contributed by atoms with Gasteiger partial charge in [-0.1, -0.05) is 0 Å². The Balaban J connectivity index is 1.19. The van der Waals surface area contributed by atoms with Crippen LogP contribution in [0.1, 0.15) is 23.3 Å². The van der Waals surface area contributed by atoms with Gasteiger partial charge in [-0.3, -0.25) is 19.0 Å². The minimum absolute atomic E-state index is 0.0576. The zero-order chi connectivity index (χ0) is 24.2. The van der Waals surface area contributed by atoms with Gasteiger partial charge < -0.3 is 15.1 Å². The number of halogens is 1. The molecule has 1 aromatic carbocycles. The van der Waals surface area contributed by atoms with Crippen LogP contribution >= 0.6 is 11.3 Å². The van der Waals surface area contributed by atoms with Gasteiger partial charge in [0, 0.05) is 49.7 Å². The standard InChI is InChI=1S/C24H28FN5O3S/c1-16-17(2)34-23-22(16)24(33)30(15-27-23)14-20(31)26-9-3-4-21(32)29-12-10-28(11-13-29)19-7-5-18(25)6-8-19/h5-8,15H,3-4,9-14H2,1-2H3,(H,26,31). The maximum Gasteiger partial charge on any atom is 0.262 e. The molecule has 0 unspecified atom stereocenters. The van der Waals surface area contributed by atoms with E-state index in [-0.39, 0.29) is 29.7 Å². The lowest BCUT2D eigenvalue weighted by Crippen LogP contribution is -2.48. The summed E-state index contributed by atoms with van der Waals surface area (Å²) in [5.74, 6) is -0.488. The van der Waals surface area contributed by atoms with Gasteiger partial charge in [-0.05, 0) is 50.1 Å². The Kier molecular flexibility index (Phi) is 7.26. The Morgan fingerprint density at radius 3 is 2.53 bits per heavy atom. The fraction of sp³-hybridized carbons (Fsp3) is 0.417. The van der Waals surface area contributed by atoms with Crippen LogP contribution < -0.4 is 15.8 Å². The SMILES string of the molecule is Cc1sc2ncn(CC(=O)NCCCC(=O)N3CCN(c4ccc(F)cc4)CC3)c(=O)c2c1C. The summed E-state index contributed by atoms with van der Waals surface area (Å²) in [6.45, 7) is 6.72. The van der Waals surface area contributed by atoms with Crippen LogP contribution in [0, 0.1) is 19.7 Å². The lowest BCUT2D eigenvalue weighted by atomic mass is 10.2. The van der Waals surface area contributed by atoms with Crippen molar-refractivity contribution in [2.75, 3.05) is 37.6 Å². The molecule has 3 aromatic rings. The number of carbonyl (C=O) groups is 2. The molecule has 8 nitrogen and oxygen atoms in total. The second-order valence-electron chi connectivity index (χ2n) is 8.44. The summed E-state index contributed by atoms with van der Waals surface area (Å²) in [7, 11) is 0. The first-order valence-corrected chi connectivity index (χ1v) is 12.2. The largest absolute Gasteiger partial charge is 0.368 e. The van der Waals surface area contributed by atoms with E-state index in [1.807, 2.05) is 18.7 Å². The van der Waals surface area contributed by atoms with E-state index >= 15 is 0 Å². The third-order valence-corrected chi connectivity index (χ3v) is 7.30. The Morgan fingerprint density at radius 1 is 1.12 bits per heavy atom. The highest BCUT2D eigenvalue weighted by Crippen LogP contribution is 2.25. The maximum atomic E-state index is 13.1. The summed E-state index contributed by atoms with van der Waals surface area (Å²) >= 11 is 1.47. The van der Waals surface area contributed by atoms with Crippen molar-refractivity contribution in [3.05, 3.63) is 57.2 Å². The molecule has 0 atom stereocenters. The summed E-state index contributed by atoms with van der Waals surface area (Å²) in [6, 6.07) is 6.38. The summed E-state index contributed by atoms with van der Waals surface area (Å²) in [5.41, 5.74) is 1.65. The number of nitrogens with one attached hydrogen (secondary N) is 1. The van der Waals surface area contributed by atoms with Crippen molar-refractivity contribution >= 4 is 39.1 Å². The van der Waals surface area contributed by atoms with Crippen molar-refractivity contribution in [3.63, 3.8) is 0 Å². The Hall–Kier alpha value is -3.27. The minimum atomic E-state index is -0.284. The van der Waals surface area contributed by atoms with Crippen LogP contribution in [0.3, 0.4) is 0 Å². The molecule has 0 bridgehead atoms. The lowest BCUT2D eigenvalue weighted by molar-refractivity contribution is -0.131. The van der Waals surface area contributed by atoms with Crippen molar-refractivity contribution in [1.82, 2.24) is 19.8 Å². The first-order chi connectivity index (χ1) is 16.3. The van der Waals surface area contributed by atoms with E-state index in [9.17, 15) is 18.8 Å². The highest BCUT2D eigenvalue weighted by atomic mass is 32.1. The fourth-order valence-corrected chi connectivity index (χ4v) is 5.07. The molecule has 1 aliphatic heterocycles. The molecule has 0 saturated carbocycles. The number of fused-ring (bicyclic) bond motifs is 1. The van der Waals surface area contributed by atoms with Crippen LogP contribution in [0.2, 0.25) is 0 Å². The second kappa shape index (κ2) is 10.3. The van der Waals surface area contributed by atoms with Crippen LogP contribution in [0.5, 0.6) is 0 Å². The molecule has 1 aliphatic rings. The van der Waals surface area contributed by atoms with Crippen molar-refractivity contribution < 1.29 is 14.0 Å². The average Bonchev–Trinajstić information content (AvgIpc) is 3.13. The topological polar surface area (TPSA) is 87.5 Å². The molecule has 0 spiro atoms. The number of benzene rings is 1. The third kappa shape index (κ3) is 5.27. The van der Waals surface area contributed by atoms with Gasteiger partial charge in [-0.2, -0.15) is 0 Å². The number of thiophene rings is 1. The van der Waals surface area contributed by atoms with Gasteiger partial charge >= 0.3 is 0 Å². The van der Waals surface area contributed by atoms with Gasteiger partial charge in [0.05, 0.1) is 11.7 Å². The normalized spacial score (nSPS) is 14.0. The second-order valence-corrected chi connectivity index (χ2v) is 9.64. The summed E-state index contributed by atoms with van der Waals surface area (Å²) in [6.07, 6.45) is 2.28. The number of hydrogen-bond acceptors (Lipinski definition) is 6. The van der Waals surface area contributed by atoms with E-state index in [4.69, 9.17) is 0 Å². The van der Waals surface area contributed by atoms with E-state index in [0.717, 1.165) is 16.1 Å². The number of aryl methyl sites for hydroxylation is 2. The quantitative estimate of drug-likeness (QED) is 0.520. The number of hydrogen-bond donors (Lipinski definition) is 1. The third-order valence-electron chi connectivity index (χ3n) is 6.18. The molecular weight excluding hydrogens is 457 g/mol. The molecule has 0 radical (unpaired) electrons. The minimum Gasteiger partial charge on any atom is -0.368 e. The Bertz CT molecular complexity index is 1250. The van der Waals surface area contributed by atoms with Crippen molar-refractivity contribution in [1.29, 1.82) is 0 Å². The van der Waals surface area contributed by atoms with E-state index < -0.39 is 0 Å².